The number of halogens is 1. The highest BCUT2D eigenvalue weighted by atomic mass is 19.1. The van der Waals surface area contributed by atoms with Crippen LogP contribution in [0.2, 0.25) is 0 Å². The number of nitrogens with zero attached hydrogens (tertiary/aromatic N) is 1. The topological polar surface area (TPSA) is 29.5 Å². The summed E-state index contributed by atoms with van der Waals surface area (Å²) in [5.41, 5.74) is 0. The van der Waals surface area contributed by atoms with E-state index in [4.69, 9.17) is 4.74 Å². The van der Waals surface area contributed by atoms with Gasteiger partial charge in [-0.25, -0.2) is 4.39 Å². The van der Waals surface area contributed by atoms with Gasteiger partial charge in [0.2, 0.25) is 0 Å². The number of carbonyl (C=O) groups excluding carboxylic acids is 1. The maximum Gasteiger partial charge on any atom is 0.263 e. The zero-order valence-corrected chi connectivity index (χ0v) is 11.4. The summed E-state index contributed by atoms with van der Waals surface area (Å²) in [6, 6.07) is 5.74. The normalized spacial score (nSPS) is 21.0. The first-order valence-corrected chi connectivity index (χ1v) is 6.77. The Bertz CT molecular complexity index is 432. The standard InChI is InChI=1S/C15H20FNO2/c1-11-4-3-9-17(10-11)15(18)12(2)19-14-7-5-13(16)6-8-14/h5-8,11-12H,3-4,9-10H2,1-2H3/t11-,12-/m0/s1. The molecule has 0 saturated carbocycles. The van der Waals surface area contributed by atoms with E-state index in [1.54, 1.807) is 6.92 Å². The molecule has 0 aromatic heterocycles. The fraction of sp³-hybridized carbons (Fsp3) is 0.533. The third kappa shape index (κ3) is 3.69. The molecule has 1 heterocycles. The van der Waals surface area contributed by atoms with Gasteiger partial charge in [-0.3, -0.25) is 4.79 Å². The van der Waals surface area contributed by atoms with E-state index in [1.807, 2.05) is 4.90 Å². The summed E-state index contributed by atoms with van der Waals surface area (Å²) < 4.78 is 18.3. The summed E-state index contributed by atoms with van der Waals surface area (Å²) in [6.45, 7) is 5.51. The van der Waals surface area contributed by atoms with Crippen LogP contribution < -0.4 is 4.74 Å². The van der Waals surface area contributed by atoms with Crippen molar-refractivity contribution < 1.29 is 13.9 Å². The van der Waals surface area contributed by atoms with Gasteiger partial charge >= 0.3 is 0 Å². The maximum atomic E-state index is 12.8. The molecule has 0 unspecified atom stereocenters. The van der Waals surface area contributed by atoms with Crippen LogP contribution in [0.5, 0.6) is 5.75 Å². The Balaban J connectivity index is 1.93. The van der Waals surface area contributed by atoms with Crippen LogP contribution in [0.15, 0.2) is 24.3 Å². The lowest BCUT2D eigenvalue weighted by molar-refractivity contribution is -0.139. The molecule has 0 spiro atoms. The lowest BCUT2D eigenvalue weighted by Crippen LogP contribution is -2.45. The summed E-state index contributed by atoms with van der Waals surface area (Å²) in [6.07, 6.45) is 1.70. The molecule has 0 N–H and O–H groups in total. The van der Waals surface area contributed by atoms with Crippen molar-refractivity contribution in [3.8, 4) is 5.75 Å². The number of piperidine rings is 1. The van der Waals surface area contributed by atoms with Crippen LogP contribution in [0, 0.1) is 11.7 Å². The van der Waals surface area contributed by atoms with Gasteiger partial charge in [0.1, 0.15) is 11.6 Å². The van der Waals surface area contributed by atoms with Gasteiger partial charge in [-0.05, 0) is 49.9 Å². The van der Waals surface area contributed by atoms with Crippen LogP contribution in [-0.2, 0) is 4.79 Å². The molecule has 1 fully saturated rings. The molecule has 1 aromatic rings. The van der Waals surface area contributed by atoms with Crippen LogP contribution in [0.4, 0.5) is 4.39 Å². The zero-order valence-electron chi connectivity index (χ0n) is 11.4. The molecule has 1 saturated heterocycles. The second kappa shape index (κ2) is 6.04. The molecule has 2 rings (SSSR count). The van der Waals surface area contributed by atoms with Crippen molar-refractivity contribution in [1.82, 2.24) is 4.90 Å². The molecule has 1 aliphatic rings. The quantitative estimate of drug-likeness (QED) is 0.841. The molecule has 1 amide bonds. The van der Waals surface area contributed by atoms with Crippen LogP contribution in [-0.4, -0.2) is 30.0 Å². The van der Waals surface area contributed by atoms with E-state index in [0.29, 0.717) is 11.7 Å². The number of benzene rings is 1. The van der Waals surface area contributed by atoms with E-state index in [-0.39, 0.29) is 11.7 Å². The summed E-state index contributed by atoms with van der Waals surface area (Å²) in [5, 5.41) is 0. The zero-order chi connectivity index (χ0) is 13.8. The Morgan fingerprint density at radius 1 is 1.42 bits per heavy atom. The number of ether oxygens (including phenoxy) is 1. The highest BCUT2D eigenvalue weighted by Gasteiger charge is 2.25. The molecule has 0 bridgehead atoms. The molecule has 1 aromatic carbocycles. The van der Waals surface area contributed by atoms with Crippen LogP contribution >= 0.6 is 0 Å². The highest BCUT2D eigenvalue weighted by molar-refractivity contribution is 5.81. The van der Waals surface area contributed by atoms with Gasteiger partial charge in [-0.1, -0.05) is 6.92 Å². The van der Waals surface area contributed by atoms with Crippen molar-refractivity contribution in [1.29, 1.82) is 0 Å². The van der Waals surface area contributed by atoms with Crippen LogP contribution in [0.25, 0.3) is 0 Å². The largest absolute Gasteiger partial charge is 0.481 e. The van der Waals surface area contributed by atoms with Gasteiger partial charge in [0.05, 0.1) is 0 Å². The Morgan fingerprint density at radius 3 is 2.74 bits per heavy atom. The van der Waals surface area contributed by atoms with Crippen molar-refractivity contribution in [2.24, 2.45) is 5.92 Å². The van der Waals surface area contributed by atoms with Crippen molar-refractivity contribution in [2.45, 2.75) is 32.8 Å². The van der Waals surface area contributed by atoms with Crippen molar-refractivity contribution in [3.63, 3.8) is 0 Å². The van der Waals surface area contributed by atoms with E-state index >= 15 is 0 Å². The average molecular weight is 265 g/mol. The predicted molar refractivity (Wildman–Crippen MR) is 71.5 cm³/mol. The van der Waals surface area contributed by atoms with Crippen molar-refractivity contribution >= 4 is 5.91 Å². The number of amides is 1. The summed E-state index contributed by atoms with van der Waals surface area (Å²) in [5.74, 6) is 0.773. The smallest absolute Gasteiger partial charge is 0.263 e. The number of hydrogen-bond donors (Lipinski definition) is 0. The Kier molecular flexibility index (Phi) is 4.40. The first-order chi connectivity index (χ1) is 9.06. The third-order valence-corrected chi connectivity index (χ3v) is 3.44. The number of carbonyl (C=O) groups is 1. The summed E-state index contributed by atoms with van der Waals surface area (Å²) in [7, 11) is 0. The van der Waals surface area contributed by atoms with Gasteiger partial charge < -0.3 is 9.64 Å². The minimum atomic E-state index is -0.532. The SMILES string of the molecule is C[C@H]1CCCN(C(=O)[C@H](C)Oc2ccc(F)cc2)C1. The number of likely N-dealkylation sites (tertiary alicyclic amines) is 1. The number of hydrogen-bond acceptors (Lipinski definition) is 2. The minimum absolute atomic E-state index is 0.0101. The maximum absolute atomic E-state index is 12.8. The molecule has 3 nitrogen and oxygen atoms in total. The molecule has 19 heavy (non-hydrogen) atoms. The fourth-order valence-electron chi connectivity index (χ4n) is 2.41. The van der Waals surface area contributed by atoms with E-state index in [2.05, 4.69) is 6.92 Å². The second-order valence-electron chi connectivity index (χ2n) is 5.25. The lowest BCUT2D eigenvalue weighted by atomic mass is 10.00. The average Bonchev–Trinajstić information content (AvgIpc) is 2.40. The predicted octanol–water partition coefficient (Wildman–Crippen LogP) is 2.85. The van der Waals surface area contributed by atoms with Gasteiger partial charge in [0.25, 0.3) is 5.91 Å². The monoisotopic (exact) mass is 265 g/mol. The van der Waals surface area contributed by atoms with Crippen LogP contribution in [0.1, 0.15) is 26.7 Å². The van der Waals surface area contributed by atoms with Gasteiger partial charge in [0.15, 0.2) is 6.10 Å². The Morgan fingerprint density at radius 2 is 2.11 bits per heavy atom. The van der Waals surface area contributed by atoms with Crippen LogP contribution in [0.3, 0.4) is 0 Å². The molecular weight excluding hydrogens is 245 g/mol. The molecule has 2 atom stereocenters. The minimum Gasteiger partial charge on any atom is -0.481 e. The summed E-state index contributed by atoms with van der Waals surface area (Å²) in [4.78, 5) is 14.1. The van der Waals surface area contributed by atoms with E-state index in [0.717, 1.165) is 19.5 Å². The molecule has 0 aliphatic carbocycles. The molecular formula is C15H20FNO2. The third-order valence-electron chi connectivity index (χ3n) is 3.44. The second-order valence-corrected chi connectivity index (χ2v) is 5.25. The lowest BCUT2D eigenvalue weighted by Gasteiger charge is -2.32. The van der Waals surface area contributed by atoms with Crippen molar-refractivity contribution in [2.75, 3.05) is 13.1 Å². The number of rotatable bonds is 3. The Hall–Kier alpha value is -1.58. The van der Waals surface area contributed by atoms with E-state index < -0.39 is 6.10 Å². The fourth-order valence-corrected chi connectivity index (χ4v) is 2.41. The van der Waals surface area contributed by atoms with E-state index in [9.17, 15) is 9.18 Å². The van der Waals surface area contributed by atoms with Crippen molar-refractivity contribution in [3.05, 3.63) is 30.1 Å². The van der Waals surface area contributed by atoms with E-state index in [1.165, 1.54) is 30.7 Å². The van der Waals surface area contributed by atoms with Gasteiger partial charge in [-0.15, -0.1) is 0 Å². The van der Waals surface area contributed by atoms with Gasteiger partial charge in [0, 0.05) is 13.1 Å². The Labute approximate surface area is 113 Å². The molecule has 104 valence electrons. The molecule has 1 aliphatic heterocycles. The summed E-state index contributed by atoms with van der Waals surface area (Å²) >= 11 is 0. The first-order valence-electron chi connectivity index (χ1n) is 6.77. The molecule has 0 radical (unpaired) electrons. The first kappa shape index (κ1) is 13.8. The molecule has 4 heteroatoms. The van der Waals surface area contributed by atoms with Gasteiger partial charge in [-0.2, -0.15) is 0 Å². The highest BCUT2D eigenvalue weighted by Crippen LogP contribution is 2.18.